The molecule has 1 heterocycles. The molecule has 1 fully saturated rings. The molecule has 76 valence electrons. The van der Waals surface area contributed by atoms with Gasteiger partial charge in [-0.25, -0.2) is 4.39 Å². The summed E-state index contributed by atoms with van der Waals surface area (Å²) in [6, 6.07) is 0. The molecule has 0 bridgehead atoms. The minimum absolute atomic E-state index is 0.0902. The Hall–Kier alpha value is 0.260. The lowest BCUT2D eigenvalue weighted by Gasteiger charge is -2.05. The maximum atomic E-state index is 13.0. The highest BCUT2D eigenvalue weighted by Gasteiger charge is 2.57. The second-order valence-corrected chi connectivity index (χ2v) is 6.17. The second-order valence-electron chi connectivity index (χ2n) is 3.64. The molecule has 2 rings (SSSR count). The largest absolute Gasteiger partial charge is 0.292 e. The maximum Gasteiger partial charge on any atom is 0.182 e. The number of alkyl halides is 1. The molecule has 1 nitrogen and oxygen atoms in total. The molecule has 0 amide bonds. The fourth-order valence-electron chi connectivity index (χ4n) is 1.28. The number of Topliss-reactive ketones (excluding diaryl/α,β-unsaturated/α-hetero) is 1. The number of halogens is 3. The number of carbonyl (C=O) groups is 1. The minimum Gasteiger partial charge on any atom is -0.292 e. The SMILES string of the molecule is CC1(C(=O)c2scc(Br)c2Br)CC1F. The van der Waals surface area contributed by atoms with Gasteiger partial charge < -0.3 is 0 Å². The summed E-state index contributed by atoms with van der Waals surface area (Å²) in [7, 11) is 0. The van der Waals surface area contributed by atoms with Gasteiger partial charge in [-0.1, -0.05) is 0 Å². The zero-order chi connectivity index (χ0) is 10.5. The third kappa shape index (κ3) is 1.49. The molecule has 1 saturated carbocycles. The van der Waals surface area contributed by atoms with Gasteiger partial charge in [-0.05, 0) is 45.2 Å². The van der Waals surface area contributed by atoms with Crippen molar-refractivity contribution in [3.8, 4) is 0 Å². The summed E-state index contributed by atoms with van der Waals surface area (Å²) in [6.07, 6.45) is -0.615. The predicted octanol–water partition coefficient (Wildman–Crippen LogP) is 4.20. The fraction of sp³-hybridized carbons (Fsp3) is 0.444. The Morgan fingerprint density at radius 3 is 2.64 bits per heavy atom. The van der Waals surface area contributed by atoms with Gasteiger partial charge >= 0.3 is 0 Å². The molecule has 0 radical (unpaired) electrons. The van der Waals surface area contributed by atoms with Crippen LogP contribution in [0.3, 0.4) is 0 Å². The van der Waals surface area contributed by atoms with E-state index in [-0.39, 0.29) is 5.78 Å². The Kier molecular flexibility index (Phi) is 2.60. The molecular formula is C9H7Br2FOS. The van der Waals surface area contributed by atoms with Gasteiger partial charge in [0.05, 0.1) is 14.8 Å². The summed E-state index contributed by atoms with van der Waals surface area (Å²) >= 11 is 7.96. The zero-order valence-corrected chi connectivity index (χ0v) is 11.3. The third-order valence-electron chi connectivity index (χ3n) is 2.55. The molecular weight excluding hydrogens is 335 g/mol. The Bertz CT molecular complexity index is 404. The molecule has 14 heavy (non-hydrogen) atoms. The summed E-state index contributed by atoms with van der Waals surface area (Å²) in [5, 5.41) is 1.83. The molecule has 2 unspecified atom stereocenters. The standard InChI is InChI=1S/C9H7Br2FOS/c1-9(2-5(9)12)8(13)7-6(11)4(10)3-14-7/h3,5H,2H2,1H3. The third-order valence-corrected chi connectivity index (χ3v) is 6.07. The number of thiophene rings is 1. The van der Waals surface area contributed by atoms with Crippen LogP contribution in [0.4, 0.5) is 4.39 Å². The molecule has 1 aliphatic rings. The molecule has 5 heteroatoms. The first kappa shape index (κ1) is 10.8. The summed E-state index contributed by atoms with van der Waals surface area (Å²) in [5.41, 5.74) is -0.771. The van der Waals surface area contributed by atoms with Crippen molar-refractivity contribution in [1.82, 2.24) is 0 Å². The summed E-state index contributed by atoms with van der Waals surface area (Å²) in [6.45, 7) is 1.68. The van der Waals surface area contributed by atoms with Crippen LogP contribution in [0.15, 0.2) is 14.3 Å². The van der Waals surface area contributed by atoms with Crippen LogP contribution in [0.1, 0.15) is 23.0 Å². The van der Waals surface area contributed by atoms with E-state index in [0.29, 0.717) is 11.3 Å². The maximum absolute atomic E-state index is 13.0. The molecule has 0 N–H and O–H groups in total. The molecule has 1 aromatic heterocycles. The van der Waals surface area contributed by atoms with Gasteiger partial charge in [0.1, 0.15) is 6.17 Å². The van der Waals surface area contributed by atoms with Crippen LogP contribution in [0.5, 0.6) is 0 Å². The van der Waals surface area contributed by atoms with E-state index in [0.717, 1.165) is 8.95 Å². The first-order valence-electron chi connectivity index (χ1n) is 4.08. The van der Waals surface area contributed by atoms with Crippen LogP contribution in [-0.2, 0) is 0 Å². The second kappa shape index (κ2) is 3.39. The molecule has 0 saturated heterocycles. The highest BCUT2D eigenvalue weighted by Crippen LogP contribution is 2.52. The van der Waals surface area contributed by atoms with E-state index in [1.165, 1.54) is 11.3 Å². The van der Waals surface area contributed by atoms with Gasteiger partial charge in [0.15, 0.2) is 5.78 Å². The van der Waals surface area contributed by atoms with E-state index in [1.54, 1.807) is 6.92 Å². The summed E-state index contributed by atoms with van der Waals surface area (Å²) in [4.78, 5) is 12.5. The van der Waals surface area contributed by atoms with Gasteiger partial charge in [0.2, 0.25) is 0 Å². The lowest BCUT2D eigenvalue weighted by molar-refractivity contribution is 0.0897. The van der Waals surface area contributed by atoms with Gasteiger partial charge in [0.25, 0.3) is 0 Å². The van der Waals surface area contributed by atoms with Crippen molar-refractivity contribution in [3.05, 3.63) is 19.2 Å². The number of ketones is 1. The van der Waals surface area contributed by atoms with Gasteiger partial charge in [-0.15, -0.1) is 11.3 Å². The van der Waals surface area contributed by atoms with Crippen molar-refractivity contribution < 1.29 is 9.18 Å². The Morgan fingerprint density at radius 1 is 1.71 bits per heavy atom. The van der Waals surface area contributed by atoms with Crippen LogP contribution in [0, 0.1) is 5.41 Å². The molecule has 0 aliphatic heterocycles. The first-order valence-corrected chi connectivity index (χ1v) is 6.54. The number of rotatable bonds is 2. The van der Waals surface area contributed by atoms with E-state index in [2.05, 4.69) is 31.9 Å². The van der Waals surface area contributed by atoms with E-state index in [1.807, 2.05) is 5.38 Å². The number of hydrogen-bond donors (Lipinski definition) is 0. The lowest BCUT2D eigenvalue weighted by atomic mass is 10.0. The Labute approximate surface area is 102 Å². The zero-order valence-electron chi connectivity index (χ0n) is 7.31. The van der Waals surface area contributed by atoms with Crippen molar-refractivity contribution in [2.24, 2.45) is 5.41 Å². The monoisotopic (exact) mass is 340 g/mol. The highest BCUT2D eigenvalue weighted by molar-refractivity contribution is 9.13. The van der Waals surface area contributed by atoms with E-state index in [9.17, 15) is 9.18 Å². The fourth-order valence-corrected chi connectivity index (χ4v) is 3.51. The Balaban J connectivity index is 2.33. The summed E-state index contributed by atoms with van der Waals surface area (Å²) < 4.78 is 14.6. The van der Waals surface area contributed by atoms with E-state index >= 15 is 0 Å². The van der Waals surface area contributed by atoms with Crippen LogP contribution >= 0.6 is 43.2 Å². The Morgan fingerprint density at radius 2 is 2.29 bits per heavy atom. The normalized spacial score (nSPS) is 30.4. The predicted molar refractivity (Wildman–Crippen MR) is 61.7 cm³/mol. The lowest BCUT2D eigenvalue weighted by Crippen LogP contribution is -2.14. The van der Waals surface area contributed by atoms with Crippen molar-refractivity contribution in [2.75, 3.05) is 0 Å². The average Bonchev–Trinajstić information content (AvgIpc) is 2.61. The molecule has 1 aliphatic carbocycles. The minimum atomic E-state index is -0.970. The number of hydrogen-bond acceptors (Lipinski definition) is 2. The van der Waals surface area contributed by atoms with E-state index in [4.69, 9.17) is 0 Å². The van der Waals surface area contributed by atoms with Crippen LogP contribution in [0.25, 0.3) is 0 Å². The van der Waals surface area contributed by atoms with Crippen LogP contribution < -0.4 is 0 Å². The van der Waals surface area contributed by atoms with Gasteiger partial charge in [0, 0.05) is 9.85 Å². The molecule has 2 atom stereocenters. The molecule has 1 aromatic rings. The topological polar surface area (TPSA) is 17.1 Å². The molecule has 0 spiro atoms. The van der Waals surface area contributed by atoms with Crippen LogP contribution in [-0.4, -0.2) is 12.0 Å². The quantitative estimate of drug-likeness (QED) is 0.736. The molecule has 0 aromatic carbocycles. The van der Waals surface area contributed by atoms with E-state index < -0.39 is 11.6 Å². The summed E-state index contributed by atoms with van der Waals surface area (Å²) in [5.74, 6) is -0.0902. The smallest absolute Gasteiger partial charge is 0.182 e. The number of carbonyl (C=O) groups excluding carboxylic acids is 1. The first-order chi connectivity index (χ1) is 6.47. The highest BCUT2D eigenvalue weighted by atomic mass is 79.9. The van der Waals surface area contributed by atoms with Crippen molar-refractivity contribution in [3.63, 3.8) is 0 Å². The van der Waals surface area contributed by atoms with Crippen molar-refractivity contribution in [2.45, 2.75) is 19.5 Å². The van der Waals surface area contributed by atoms with Crippen LogP contribution in [0.2, 0.25) is 0 Å². The average molecular weight is 342 g/mol. The van der Waals surface area contributed by atoms with Crippen molar-refractivity contribution in [1.29, 1.82) is 0 Å². The van der Waals surface area contributed by atoms with Crippen molar-refractivity contribution >= 4 is 49.0 Å². The van der Waals surface area contributed by atoms with Gasteiger partial charge in [-0.2, -0.15) is 0 Å². The van der Waals surface area contributed by atoms with Gasteiger partial charge in [-0.3, -0.25) is 4.79 Å².